The minimum absolute atomic E-state index is 0.159. The molecule has 1 aromatic carbocycles. The number of hydrogen-bond donors (Lipinski definition) is 2. The lowest BCUT2D eigenvalue weighted by molar-refractivity contribution is -0.115. The molecule has 4 nitrogen and oxygen atoms in total. The van der Waals surface area contributed by atoms with E-state index in [1.807, 2.05) is 12.1 Å². The molecule has 2 aromatic rings. The number of anilines is 1. The number of thiophene rings is 1. The van der Waals surface area contributed by atoms with Gasteiger partial charge in [-0.05, 0) is 48.9 Å². The van der Waals surface area contributed by atoms with Crippen molar-refractivity contribution in [3.63, 3.8) is 0 Å². The van der Waals surface area contributed by atoms with Gasteiger partial charge in [0.05, 0.1) is 12.0 Å². The van der Waals surface area contributed by atoms with Crippen LogP contribution in [0.2, 0.25) is 5.02 Å². The molecule has 3 N–H and O–H groups in total. The summed E-state index contributed by atoms with van der Waals surface area (Å²) >= 11 is 7.32. The van der Waals surface area contributed by atoms with Gasteiger partial charge in [-0.25, -0.2) is 0 Å². The van der Waals surface area contributed by atoms with Crippen LogP contribution in [-0.2, 0) is 24.1 Å². The average Bonchev–Trinajstić information content (AvgIpc) is 2.87. The van der Waals surface area contributed by atoms with Gasteiger partial charge in [-0.3, -0.25) is 9.59 Å². The van der Waals surface area contributed by atoms with E-state index in [9.17, 15) is 9.59 Å². The Labute approximate surface area is 143 Å². The summed E-state index contributed by atoms with van der Waals surface area (Å²) in [6.07, 6.45) is 4.22. The molecule has 3 rings (SSSR count). The molecule has 2 amide bonds. The minimum atomic E-state index is -0.466. The van der Waals surface area contributed by atoms with E-state index in [2.05, 4.69) is 5.32 Å². The molecule has 0 bridgehead atoms. The Morgan fingerprint density at radius 2 is 1.87 bits per heavy atom. The fourth-order valence-corrected chi connectivity index (χ4v) is 4.31. The second-order valence-electron chi connectivity index (χ2n) is 5.63. The molecule has 0 saturated heterocycles. The maximum atomic E-state index is 12.3. The number of hydrogen-bond acceptors (Lipinski definition) is 3. The Morgan fingerprint density at radius 3 is 2.57 bits per heavy atom. The van der Waals surface area contributed by atoms with Crippen molar-refractivity contribution in [1.82, 2.24) is 0 Å². The number of rotatable bonds is 4. The summed E-state index contributed by atoms with van der Waals surface area (Å²) in [7, 11) is 0. The van der Waals surface area contributed by atoms with Gasteiger partial charge in [0.25, 0.3) is 5.91 Å². The van der Waals surface area contributed by atoms with Crippen molar-refractivity contribution in [2.45, 2.75) is 32.1 Å². The highest BCUT2D eigenvalue weighted by atomic mass is 35.5. The lowest BCUT2D eigenvalue weighted by atomic mass is 9.95. The smallest absolute Gasteiger partial charge is 0.251 e. The first kappa shape index (κ1) is 16.0. The van der Waals surface area contributed by atoms with Crippen molar-refractivity contribution in [2.24, 2.45) is 5.73 Å². The lowest BCUT2D eigenvalue weighted by Crippen LogP contribution is -2.19. The summed E-state index contributed by atoms with van der Waals surface area (Å²) in [5.74, 6) is -0.625. The summed E-state index contributed by atoms with van der Waals surface area (Å²) in [5, 5.41) is 4.08. The molecular formula is C17H17ClN2O2S. The number of amides is 2. The van der Waals surface area contributed by atoms with Crippen LogP contribution in [0.1, 0.15) is 39.2 Å². The SMILES string of the molecule is NC(=O)c1c(NC(=O)Cc2ccc(Cl)cc2)sc2c1CCCC2. The van der Waals surface area contributed by atoms with Gasteiger partial charge in [0.2, 0.25) is 5.91 Å². The Balaban J connectivity index is 1.79. The van der Waals surface area contributed by atoms with Crippen molar-refractivity contribution in [2.75, 3.05) is 5.32 Å². The standard InChI is InChI=1S/C17H17ClN2O2S/c18-11-7-5-10(6-8-11)9-14(21)20-17-15(16(19)22)12-3-1-2-4-13(12)23-17/h5-8H,1-4,9H2,(H2,19,22)(H,20,21). The van der Waals surface area contributed by atoms with Crippen molar-refractivity contribution >= 4 is 39.8 Å². The number of carbonyl (C=O) groups excluding carboxylic acids is 2. The number of carbonyl (C=O) groups is 2. The van der Waals surface area contributed by atoms with Gasteiger partial charge < -0.3 is 11.1 Å². The quantitative estimate of drug-likeness (QED) is 0.886. The number of benzene rings is 1. The highest BCUT2D eigenvalue weighted by Crippen LogP contribution is 2.37. The number of primary amides is 1. The van der Waals surface area contributed by atoms with Crippen LogP contribution in [0.15, 0.2) is 24.3 Å². The van der Waals surface area contributed by atoms with Crippen LogP contribution in [0.25, 0.3) is 0 Å². The average molecular weight is 349 g/mol. The summed E-state index contributed by atoms with van der Waals surface area (Å²) in [5.41, 5.74) is 7.92. The highest BCUT2D eigenvalue weighted by molar-refractivity contribution is 7.17. The van der Waals surface area contributed by atoms with E-state index in [0.717, 1.165) is 36.8 Å². The molecular weight excluding hydrogens is 332 g/mol. The molecule has 0 unspecified atom stereocenters. The van der Waals surface area contributed by atoms with Gasteiger partial charge in [-0.1, -0.05) is 23.7 Å². The third-order valence-corrected chi connectivity index (χ3v) is 5.41. The first-order chi connectivity index (χ1) is 11.0. The van der Waals surface area contributed by atoms with E-state index < -0.39 is 5.91 Å². The number of nitrogens with two attached hydrogens (primary N) is 1. The monoisotopic (exact) mass is 348 g/mol. The molecule has 0 aliphatic heterocycles. The molecule has 0 atom stereocenters. The molecule has 1 heterocycles. The van der Waals surface area contributed by atoms with Gasteiger partial charge in [0.1, 0.15) is 5.00 Å². The van der Waals surface area contributed by atoms with Crippen LogP contribution in [-0.4, -0.2) is 11.8 Å². The third-order valence-electron chi connectivity index (χ3n) is 3.95. The van der Waals surface area contributed by atoms with Gasteiger partial charge >= 0.3 is 0 Å². The van der Waals surface area contributed by atoms with Gasteiger partial charge in [-0.2, -0.15) is 0 Å². The van der Waals surface area contributed by atoms with Crippen LogP contribution in [0, 0.1) is 0 Å². The summed E-state index contributed by atoms with van der Waals surface area (Å²) in [6, 6.07) is 7.14. The molecule has 6 heteroatoms. The van der Waals surface area contributed by atoms with Crippen LogP contribution >= 0.6 is 22.9 Å². The minimum Gasteiger partial charge on any atom is -0.365 e. The molecule has 1 aliphatic carbocycles. The zero-order valence-corrected chi connectivity index (χ0v) is 14.1. The predicted octanol–water partition coefficient (Wildman–Crippen LogP) is 3.56. The zero-order chi connectivity index (χ0) is 16.4. The van der Waals surface area contributed by atoms with Crippen molar-refractivity contribution in [3.8, 4) is 0 Å². The Hall–Kier alpha value is -1.85. The summed E-state index contributed by atoms with van der Waals surface area (Å²) in [6.45, 7) is 0. The maximum absolute atomic E-state index is 12.3. The molecule has 0 fully saturated rings. The maximum Gasteiger partial charge on any atom is 0.251 e. The Bertz CT molecular complexity index is 753. The summed E-state index contributed by atoms with van der Waals surface area (Å²) in [4.78, 5) is 25.2. The Morgan fingerprint density at radius 1 is 1.17 bits per heavy atom. The molecule has 1 aromatic heterocycles. The molecule has 0 spiro atoms. The highest BCUT2D eigenvalue weighted by Gasteiger charge is 2.24. The third kappa shape index (κ3) is 3.57. The van der Waals surface area contributed by atoms with E-state index in [1.54, 1.807) is 12.1 Å². The molecule has 0 saturated carbocycles. The fourth-order valence-electron chi connectivity index (χ4n) is 2.87. The molecule has 120 valence electrons. The number of nitrogens with one attached hydrogen (secondary N) is 1. The van der Waals surface area contributed by atoms with Crippen LogP contribution in [0.3, 0.4) is 0 Å². The van der Waals surface area contributed by atoms with Crippen molar-refractivity contribution in [3.05, 3.63) is 50.9 Å². The van der Waals surface area contributed by atoms with Crippen LogP contribution in [0.5, 0.6) is 0 Å². The van der Waals surface area contributed by atoms with E-state index in [0.29, 0.717) is 15.6 Å². The first-order valence-electron chi connectivity index (χ1n) is 7.53. The van der Waals surface area contributed by atoms with Crippen molar-refractivity contribution < 1.29 is 9.59 Å². The van der Waals surface area contributed by atoms with Gasteiger partial charge in [-0.15, -0.1) is 11.3 Å². The second-order valence-corrected chi connectivity index (χ2v) is 7.17. The Kier molecular flexibility index (Phi) is 4.68. The molecule has 1 aliphatic rings. The van der Waals surface area contributed by atoms with Gasteiger partial charge in [0, 0.05) is 9.90 Å². The first-order valence-corrected chi connectivity index (χ1v) is 8.72. The van der Waals surface area contributed by atoms with E-state index in [1.165, 1.54) is 16.2 Å². The lowest BCUT2D eigenvalue weighted by Gasteiger charge is -2.11. The van der Waals surface area contributed by atoms with Gasteiger partial charge in [0.15, 0.2) is 0 Å². The number of fused-ring (bicyclic) bond motifs is 1. The topological polar surface area (TPSA) is 72.2 Å². The summed E-state index contributed by atoms with van der Waals surface area (Å²) < 4.78 is 0. The van der Waals surface area contributed by atoms with E-state index in [-0.39, 0.29) is 12.3 Å². The number of aryl methyl sites for hydroxylation is 1. The van der Waals surface area contributed by atoms with Crippen LogP contribution in [0.4, 0.5) is 5.00 Å². The predicted molar refractivity (Wildman–Crippen MR) is 93.3 cm³/mol. The second kappa shape index (κ2) is 6.72. The van der Waals surface area contributed by atoms with E-state index in [4.69, 9.17) is 17.3 Å². The van der Waals surface area contributed by atoms with E-state index >= 15 is 0 Å². The zero-order valence-electron chi connectivity index (χ0n) is 12.5. The normalized spacial score (nSPS) is 13.4. The number of halogens is 1. The van der Waals surface area contributed by atoms with Crippen LogP contribution < -0.4 is 11.1 Å². The fraction of sp³-hybridized carbons (Fsp3) is 0.294. The van der Waals surface area contributed by atoms with Crippen molar-refractivity contribution in [1.29, 1.82) is 0 Å². The molecule has 23 heavy (non-hydrogen) atoms. The molecule has 0 radical (unpaired) electrons. The largest absolute Gasteiger partial charge is 0.365 e.